The normalized spacial score (nSPS) is 9.43. The van der Waals surface area contributed by atoms with Gasteiger partial charge >= 0.3 is 0 Å². The van der Waals surface area contributed by atoms with Gasteiger partial charge in [-0.25, -0.2) is 0 Å². The minimum atomic E-state index is 0.303. The van der Waals surface area contributed by atoms with E-state index in [0.29, 0.717) is 5.28 Å². The van der Waals surface area contributed by atoms with E-state index in [9.17, 15) is 0 Å². The molecule has 0 aliphatic carbocycles. The Bertz CT molecular complexity index is 148. The van der Waals surface area contributed by atoms with E-state index in [1.54, 1.807) is 0 Å². The maximum atomic E-state index is 5.32. The van der Waals surface area contributed by atoms with E-state index in [4.69, 9.17) is 11.6 Å². The average Bonchev–Trinajstić information content (AvgIpc) is 1.87. The Balaban J connectivity index is 3.04. The minimum Gasteiger partial charge on any atom is -0.197 e. The Hall–Kier alpha value is 0.330. The molecular weight excluding hydrogens is 199 g/mol. The van der Waals surface area contributed by atoms with E-state index in [1.165, 1.54) is 11.5 Å². The predicted molar refractivity (Wildman–Crippen MR) is 32.6 cm³/mol. The van der Waals surface area contributed by atoms with Crippen LogP contribution in [0.5, 0.6) is 0 Å². The van der Waals surface area contributed by atoms with Gasteiger partial charge in [0.2, 0.25) is 5.28 Å². The smallest absolute Gasteiger partial charge is 0.197 e. The highest BCUT2D eigenvalue weighted by Crippen LogP contribution is 2.13. The van der Waals surface area contributed by atoms with Crippen molar-refractivity contribution in [3.63, 3.8) is 0 Å². The van der Waals surface area contributed by atoms with E-state index >= 15 is 0 Å². The molecule has 0 aliphatic rings. The topological polar surface area (TPSA) is 25.8 Å². The molecule has 0 saturated carbocycles. The Morgan fingerprint density at radius 1 is 1.71 bits per heavy atom. The van der Waals surface area contributed by atoms with Gasteiger partial charge in [-0.3, -0.25) is 0 Å². The maximum Gasteiger partial charge on any atom is 0.235 e. The zero-order valence-electron chi connectivity index (χ0n) is 3.06. The fourth-order valence-electron chi connectivity index (χ4n) is 0.189. The minimum absolute atomic E-state index is 0.303. The third-order valence-electron chi connectivity index (χ3n) is 0.376. The second-order valence-electron chi connectivity index (χ2n) is 0.816. The summed E-state index contributed by atoms with van der Waals surface area (Å²) < 4.78 is 4.39. The molecule has 1 heterocycles. The molecule has 0 saturated heterocycles. The van der Waals surface area contributed by atoms with Crippen LogP contribution in [-0.2, 0) is 0 Å². The Morgan fingerprint density at radius 2 is 2.43 bits per heavy atom. The van der Waals surface area contributed by atoms with Crippen LogP contribution in [0.1, 0.15) is 0 Å². The van der Waals surface area contributed by atoms with Gasteiger partial charge in [-0.1, -0.05) is 0 Å². The molecular formula is C2BrClN2S. The summed E-state index contributed by atoms with van der Waals surface area (Å²) in [5.41, 5.74) is 0. The first kappa shape index (κ1) is 5.47. The van der Waals surface area contributed by atoms with Gasteiger partial charge in [0, 0.05) is 0 Å². The average molecular weight is 199 g/mol. The van der Waals surface area contributed by atoms with E-state index in [1.807, 2.05) is 0 Å². The first-order valence-corrected chi connectivity index (χ1v) is 3.38. The van der Waals surface area contributed by atoms with Crippen LogP contribution in [0.3, 0.4) is 0 Å². The lowest BCUT2D eigenvalue weighted by Crippen LogP contribution is -1.58. The molecule has 0 fully saturated rings. The van der Waals surface area contributed by atoms with E-state index in [2.05, 4.69) is 25.3 Å². The molecule has 0 bridgehead atoms. The highest BCUT2D eigenvalue weighted by Gasteiger charge is 1.92. The molecule has 1 rings (SSSR count). The molecule has 0 N–H and O–H groups in total. The van der Waals surface area contributed by atoms with Crippen molar-refractivity contribution < 1.29 is 0 Å². The van der Waals surface area contributed by atoms with Gasteiger partial charge in [0.15, 0.2) is 3.92 Å². The highest BCUT2D eigenvalue weighted by atomic mass is 79.9. The lowest BCUT2D eigenvalue weighted by molar-refractivity contribution is 1.30. The summed E-state index contributed by atoms with van der Waals surface area (Å²) >= 11 is 9.64. The Morgan fingerprint density at radius 3 is 2.57 bits per heavy atom. The summed E-state index contributed by atoms with van der Waals surface area (Å²) in [4.78, 5) is 3.70. The molecule has 7 heavy (non-hydrogen) atoms. The summed E-state index contributed by atoms with van der Waals surface area (Å²) in [5, 5.41) is 0.303. The van der Waals surface area contributed by atoms with Crippen LogP contribution >= 0.6 is 39.1 Å². The molecule has 0 aromatic carbocycles. The molecule has 0 atom stereocenters. The number of aromatic nitrogens is 2. The monoisotopic (exact) mass is 198 g/mol. The van der Waals surface area contributed by atoms with Crippen LogP contribution in [0.2, 0.25) is 5.28 Å². The number of hydrogen-bond donors (Lipinski definition) is 0. The third-order valence-corrected chi connectivity index (χ3v) is 1.76. The summed E-state index contributed by atoms with van der Waals surface area (Å²) in [6.45, 7) is 0. The van der Waals surface area contributed by atoms with Crippen LogP contribution in [0.15, 0.2) is 3.92 Å². The number of hydrogen-bond acceptors (Lipinski definition) is 3. The van der Waals surface area contributed by atoms with Crippen molar-refractivity contribution >= 4 is 39.1 Å². The first-order valence-electron chi connectivity index (χ1n) is 1.44. The van der Waals surface area contributed by atoms with Crippen molar-refractivity contribution in [2.45, 2.75) is 0 Å². The molecule has 0 radical (unpaired) electrons. The summed E-state index contributed by atoms with van der Waals surface area (Å²) in [5.74, 6) is 0. The summed E-state index contributed by atoms with van der Waals surface area (Å²) in [7, 11) is 0. The van der Waals surface area contributed by atoms with Crippen molar-refractivity contribution in [3.8, 4) is 0 Å². The second kappa shape index (κ2) is 2.07. The zero-order chi connectivity index (χ0) is 5.28. The third kappa shape index (κ3) is 1.36. The maximum absolute atomic E-state index is 5.32. The van der Waals surface area contributed by atoms with Crippen LogP contribution in [-0.4, -0.2) is 9.36 Å². The molecule has 0 unspecified atom stereocenters. The fourth-order valence-corrected chi connectivity index (χ4v) is 1.23. The SMILES string of the molecule is Clc1nsc(Br)n1. The van der Waals surface area contributed by atoms with Crippen LogP contribution < -0.4 is 0 Å². The van der Waals surface area contributed by atoms with Gasteiger partial charge in [-0.2, -0.15) is 9.36 Å². The van der Waals surface area contributed by atoms with Crippen LogP contribution in [0.4, 0.5) is 0 Å². The van der Waals surface area contributed by atoms with Crippen molar-refractivity contribution in [1.82, 2.24) is 9.36 Å². The predicted octanol–water partition coefficient (Wildman–Crippen LogP) is 1.95. The van der Waals surface area contributed by atoms with Crippen LogP contribution in [0, 0.1) is 0 Å². The number of rotatable bonds is 0. The quantitative estimate of drug-likeness (QED) is 0.638. The summed E-state index contributed by atoms with van der Waals surface area (Å²) in [6, 6.07) is 0. The first-order chi connectivity index (χ1) is 3.29. The van der Waals surface area contributed by atoms with Gasteiger partial charge in [-0.15, -0.1) is 0 Å². The lowest BCUT2D eigenvalue weighted by atomic mass is 11.3. The lowest BCUT2D eigenvalue weighted by Gasteiger charge is -1.63. The molecule has 0 aliphatic heterocycles. The van der Waals surface area contributed by atoms with E-state index in [0.717, 1.165) is 3.92 Å². The Labute approximate surface area is 57.8 Å². The van der Waals surface area contributed by atoms with Crippen LogP contribution in [0.25, 0.3) is 0 Å². The molecule has 2 nitrogen and oxygen atoms in total. The van der Waals surface area contributed by atoms with Crippen molar-refractivity contribution in [1.29, 1.82) is 0 Å². The van der Waals surface area contributed by atoms with Crippen molar-refractivity contribution in [2.75, 3.05) is 0 Å². The van der Waals surface area contributed by atoms with Gasteiger partial charge in [0.05, 0.1) is 0 Å². The Kier molecular flexibility index (Phi) is 1.61. The molecule has 1 aromatic heterocycles. The van der Waals surface area contributed by atoms with E-state index < -0.39 is 0 Å². The molecule has 5 heteroatoms. The van der Waals surface area contributed by atoms with Gasteiger partial charge in [0.1, 0.15) is 0 Å². The van der Waals surface area contributed by atoms with E-state index in [-0.39, 0.29) is 0 Å². The number of halogens is 2. The molecule has 1 aromatic rings. The molecule has 0 spiro atoms. The largest absolute Gasteiger partial charge is 0.235 e. The summed E-state index contributed by atoms with van der Waals surface area (Å²) in [6.07, 6.45) is 0. The highest BCUT2D eigenvalue weighted by molar-refractivity contribution is 9.11. The van der Waals surface area contributed by atoms with Gasteiger partial charge in [0.25, 0.3) is 0 Å². The van der Waals surface area contributed by atoms with Crippen molar-refractivity contribution in [3.05, 3.63) is 9.20 Å². The second-order valence-corrected chi connectivity index (χ2v) is 3.18. The zero-order valence-corrected chi connectivity index (χ0v) is 6.22. The molecule has 0 amide bonds. The van der Waals surface area contributed by atoms with Gasteiger partial charge in [-0.05, 0) is 39.1 Å². The van der Waals surface area contributed by atoms with Gasteiger partial charge < -0.3 is 0 Å². The molecule has 38 valence electrons. The standard InChI is InChI=1S/C2BrClN2S/c3-1-5-2(4)6-7-1. The van der Waals surface area contributed by atoms with Crippen molar-refractivity contribution in [2.24, 2.45) is 0 Å². The number of nitrogens with zero attached hydrogens (tertiary/aromatic N) is 2. The fraction of sp³-hybridized carbons (Fsp3) is 0.